The van der Waals surface area contributed by atoms with Gasteiger partial charge in [0.2, 0.25) is 0 Å². The van der Waals surface area contributed by atoms with Crippen molar-refractivity contribution in [3.05, 3.63) is 23.3 Å². The van der Waals surface area contributed by atoms with E-state index in [4.69, 9.17) is 5.73 Å². The minimum Gasteiger partial charge on any atom is -0.445 e. The van der Waals surface area contributed by atoms with Crippen LogP contribution in [0.2, 0.25) is 0 Å². The van der Waals surface area contributed by atoms with E-state index in [1.165, 1.54) is 0 Å². The molecule has 2 N–H and O–H groups in total. The number of nitrogens with two attached hydrogens (primary N) is 1. The molecule has 0 amide bonds. The molecule has 0 aliphatic carbocycles. The first-order chi connectivity index (χ1) is 6.36. The zero-order valence-electron chi connectivity index (χ0n) is 8.60. The van der Waals surface area contributed by atoms with Crippen LogP contribution in [0.15, 0.2) is 12.1 Å². The third-order valence-electron chi connectivity index (χ3n) is 2.13. The maximum absolute atomic E-state index is 12.4. The zero-order chi connectivity index (χ0) is 10.9. The molecule has 0 heterocycles. The van der Waals surface area contributed by atoms with Crippen LogP contribution < -0.4 is 62.6 Å². The Bertz CT molecular complexity index is 356. The van der Waals surface area contributed by atoms with E-state index in [-0.39, 0.29) is 62.8 Å². The van der Waals surface area contributed by atoms with E-state index in [1.807, 2.05) is 0 Å². The van der Waals surface area contributed by atoms with Crippen molar-refractivity contribution in [2.45, 2.75) is 12.7 Å². The molecule has 1 aromatic carbocycles. The molecule has 0 unspecified atom stereocenters. The Balaban J connectivity index is 0.00000196. The van der Waals surface area contributed by atoms with Crippen molar-refractivity contribution in [1.82, 2.24) is 0 Å². The summed E-state index contributed by atoms with van der Waals surface area (Å²) in [5.74, 6) is 0.260. The van der Waals surface area contributed by atoms with Crippen LogP contribution in [0.3, 0.4) is 0 Å². The molecule has 7 heteroatoms. The maximum Gasteiger partial charge on any atom is 1.00 e. The van der Waals surface area contributed by atoms with Crippen molar-refractivity contribution >= 4 is 30.8 Å². The SMILES string of the molecule is Cc1c(N)cc([B-](F)(F)F)cc1CS.[K+]. The second-order valence-electron chi connectivity index (χ2n) is 3.13. The van der Waals surface area contributed by atoms with Gasteiger partial charge in [-0.2, -0.15) is 12.6 Å². The summed E-state index contributed by atoms with van der Waals surface area (Å²) in [6.45, 7) is -3.29. The van der Waals surface area contributed by atoms with Crippen LogP contribution in [0.1, 0.15) is 11.1 Å². The van der Waals surface area contributed by atoms with Crippen molar-refractivity contribution in [2.24, 2.45) is 0 Å². The molecule has 0 aliphatic heterocycles. The number of hydrogen-bond acceptors (Lipinski definition) is 2. The van der Waals surface area contributed by atoms with Gasteiger partial charge < -0.3 is 18.7 Å². The first-order valence-corrected chi connectivity index (χ1v) is 4.69. The van der Waals surface area contributed by atoms with E-state index < -0.39 is 12.4 Å². The van der Waals surface area contributed by atoms with Crippen LogP contribution in [-0.2, 0) is 5.75 Å². The van der Waals surface area contributed by atoms with Gasteiger partial charge in [0.05, 0.1) is 0 Å². The summed E-state index contributed by atoms with van der Waals surface area (Å²) in [5.41, 5.74) is 6.19. The molecule has 1 nitrogen and oxygen atoms in total. The second-order valence-corrected chi connectivity index (χ2v) is 3.44. The van der Waals surface area contributed by atoms with Gasteiger partial charge in [0.1, 0.15) is 0 Å². The average Bonchev–Trinajstić information content (AvgIpc) is 2.07. The van der Waals surface area contributed by atoms with Crippen molar-refractivity contribution < 1.29 is 64.3 Å². The third-order valence-corrected chi connectivity index (χ3v) is 2.47. The molecule has 0 saturated heterocycles. The molecule has 0 atom stereocenters. The molecule has 78 valence electrons. The smallest absolute Gasteiger partial charge is 0.445 e. The number of thiol groups is 1. The first kappa shape index (κ1) is 15.9. The van der Waals surface area contributed by atoms with E-state index in [0.717, 1.165) is 12.1 Å². The second kappa shape index (κ2) is 5.97. The fraction of sp³-hybridized carbons (Fsp3) is 0.250. The van der Waals surface area contributed by atoms with Gasteiger partial charge in [-0.25, -0.2) is 0 Å². The van der Waals surface area contributed by atoms with Crippen LogP contribution >= 0.6 is 12.6 Å². The molecule has 0 spiro atoms. The van der Waals surface area contributed by atoms with Gasteiger partial charge in [-0.3, -0.25) is 0 Å². The van der Waals surface area contributed by atoms with Crippen LogP contribution in [-0.4, -0.2) is 6.98 Å². The van der Waals surface area contributed by atoms with Crippen LogP contribution in [0.4, 0.5) is 18.6 Å². The van der Waals surface area contributed by atoms with Crippen molar-refractivity contribution in [3.8, 4) is 0 Å². The van der Waals surface area contributed by atoms with Crippen LogP contribution in [0, 0.1) is 6.92 Å². The third kappa shape index (κ3) is 3.98. The first-order valence-electron chi connectivity index (χ1n) is 4.06. The normalized spacial score (nSPS) is 11.0. The molecular weight excluding hydrogens is 249 g/mol. The molecule has 1 aromatic rings. The Morgan fingerprint density at radius 2 is 1.87 bits per heavy atom. The van der Waals surface area contributed by atoms with Gasteiger partial charge in [0.15, 0.2) is 0 Å². The van der Waals surface area contributed by atoms with Crippen molar-refractivity contribution in [3.63, 3.8) is 0 Å². The number of hydrogen-bond donors (Lipinski definition) is 2. The number of benzene rings is 1. The Labute approximate surface area is 135 Å². The minimum absolute atomic E-state index is 0. The fourth-order valence-corrected chi connectivity index (χ4v) is 1.51. The van der Waals surface area contributed by atoms with Crippen molar-refractivity contribution in [2.75, 3.05) is 5.73 Å². The molecule has 0 saturated carbocycles. The minimum atomic E-state index is -4.98. The Morgan fingerprint density at radius 1 is 1.33 bits per heavy atom. The fourth-order valence-electron chi connectivity index (χ4n) is 1.18. The zero-order valence-corrected chi connectivity index (χ0v) is 12.6. The van der Waals surface area contributed by atoms with Crippen LogP contribution in [0.25, 0.3) is 0 Å². The monoisotopic (exact) mass is 259 g/mol. The summed E-state index contributed by atoms with van der Waals surface area (Å²) < 4.78 is 37.2. The van der Waals surface area contributed by atoms with Gasteiger partial charge in [-0.1, -0.05) is 12.1 Å². The summed E-state index contributed by atoms with van der Waals surface area (Å²) in [6, 6.07) is 2.08. The number of rotatable bonds is 2. The molecule has 0 radical (unpaired) electrons. The summed E-state index contributed by atoms with van der Waals surface area (Å²) in [6.07, 6.45) is 0. The van der Waals surface area contributed by atoms with Gasteiger partial charge in [-0.15, -0.1) is 5.46 Å². The molecule has 15 heavy (non-hydrogen) atoms. The van der Waals surface area contributed by atoms with E-state index in [9.17, 15) is 12.9 Å². The molecule has 0 bridgehead atoms. The van der Waals surface area contributed by atoms with E-state index in [2.05, 4.69) is 12.6 Å². The molecule has 0 fully saturated rings. The predicted molar refractivity (Wildman–Crippen MR) is 57.0 cm³/mol. The van der Waals surface area contributed by atoms with Crippen LogP contribution in [0.5, 0.6) is 0 Å². The standard InChI is InChI=1S/C8H10BF3NS.K/c1-5-6(4-14)2-7(3-8(5)13)9(10,11)12;/h2-3,14H,4,13H2,1H3;/q-1;+1. The predicted octanol–water partition coefficient (Wildman–Crippen LogP) is -0.935. The molecule has 0 aliphatic rings. The molecule has 0 aromatic heterocycles. The quantitative estimate of drug-likeness (QED) is 0.400. The van der Waals surface area contributed by atoms with E-state index in [0.29, 0.717) is 11.1 Å². The average molecular weight is 259 g/mol. The Hall–Kier alpha value is 0.861. The summed E-state index contributed by atoms with van der Waals surface area (Å²) in [4.78, 5) is 0. The van der Waals surface area contributed by atoms with Gasteiger partial charge >= 0.3 is 58.4 Å². The summed E-state index contributed by atoms with van der Waals surface area (Å²) >= 11 is 3.95. The molecular formula is C8H10BF3KNS. The number of anilines is 1. The number of halogens is 3. The Kier molecular flexibility index (Phi) is 6.32. The maximum atomic E-state index is 12.4. The summed E-state index contributed by atoms with van der Waals surface area (Å²) in [7, 11) is 0. The van der Waals surface area contributed by atoms with E-state index in [1.54, 1.807) is 6.92 Å². The Morgan fingerprint density at radius 3 is 2.27 bits per heavy atom. The summed E-state index contributed by atoms with van der Waals surface area (Å²) in [5, 5.41) is 0. The van der Waals surface area contributed by atoms with Crippen molar-refractivity contribution in [1.29, 1.82) is 0 Å². The number of nitrogen functional groups attached to an aromatic ring is 1. The topological polar surface area (TPSA) is 26.0 Å². The van der Waals surface area contributed by atoms with E-state index >= 15 is 0 Å². The van der Waals surface area contributed by atoms with Gasteiger partial charge in [0, 0.05) is 11.4 Å². The molecule has 1 rings (SSSR count). The van der Waals surface area contributed by atoms with Gasteiger partial charge in [-0.05, 0) is 18.1 Å². The van der Waals surface area contributed by atoms with Gasteiger partial charge in [0.25, 0.3) is 0 Å². The largest absolute Gasteiger partial charge is 1.00 e.